The molecule has 0 spiro atoms. The van der Waals surface area contributed by atoms with Gasteiger partial charge in [0.2, 0.25) is 0 Å². The summed E-state index contributed by atoms with van der Waals surface area (Å²) in [6, 6.07) is 11.3. The molecule has 10 heteroatoms. The number of nitrogens with zero attached hydrogens (tertiary/aromatic N) is 2. The highest BCUT2D eigenvalue weighted by Crippen LogP contribution is 2.34. The molecule has 0 atom stereocenters. The summed E-state index contributed by atoms with van der Waals surface area (Å²) in [6.07, 6.45) is 0.322. The molecule has 4 rings (SSSR count). The monoisotopic (exact) mass is 476 g/mol. The maximum absolute atomic E-state index is 12.3. The zero-order valence-corrected chi connectivity index (χ0v) is 19.3. The molecule has 0 saturated carbocycles. The summed E-state index contributed by atoms with van der Waals surface area (Å²) in [5.74, 6) is 1.46. The Bertz CT molecular complexity index is 1140. The van der Waals surface area contributed by atoms with Gasteiger partial charge in [-0.3, -0.25) is 9.59 Å². The lowest BCUT2D eigenvalue weighted by Crippen LogP contribution is -1.97. The lowest BCUT2D eigenvalue weighted by atomic mass is 10.3. The molecule has 0 N–H and O–H groups in total. The van der Waals surface area contributed by atoms with Crippen LogP contribution >= 0.6 is 46.2 Å². The molecule has 2 aromatic carbocycles. The minimum absolute atomic E-state index is 0.0796. The third kappa shape index (κ3) is 4.94. The molecule has 154 valence electrons. The first-order chi connectivity index (χ1) is 14.5. The first-order valence-corrected chi connectivity index (χ1v) is 12.1. The second-order valence-corrected chi connectivity index (χ2v) is 10.7. The van der Waals surface area contributed by atoms with Crippen molar-refractivity contribution in [2.75, 3.05) is 14.2 Å². The number of carbonyl (C=O) groups excluding carboxylic acids is 2. The van der Waals surface area contributed by atoms with Crippen molar-refractivity contribution in [3.05, 3.63) is 36.4 Å². The molecule has 0 bridgehead atoms. The lowest BCUT2D eigenvalue weighted by Gasteiger charge is -1.97. The van der Waals surface area contributed by atoms with Gasteiger partial charge in [0.25, 0.3) is 0 Å². The van der Waals surface area contributed by atoms with Crippen LogP contribution in [0, 0.1) is 0 Å². The summed E-state index contributed by atoms with van der Waals surface area (Å²) in [7, 11) is 3.21. The topological polar surface area (TPSA) is 78.4 Å². The number of methoxy groups -OCH3 is 2. The van der Waals surface area contributed by atoms with Crippen LogP contribution in [0.25, 0.3) is 20.4 Å². The Balaban J connectivity index is 1.31. The Labute approximate surface area is 189 Å². The van der Waals surface area contributed by atoms with Gasteiger partial charge >= 0.3 is 0 Å². The van der Waals surface area contributed by atoms with Gasteiger partial charge in [-0.15, -0.1) is 22.7 Å². The van der Waals surface area contributed by atoms with Gasteiger partial charge in [0, 0.05) is 25.0 Å². The van der Waals surface area contributed by atoms with Crippen molar-refractivity contribution in [3.8, 4) is 11.5 Å². The Morgan fingerprint density at radius 1 is 0.800 bits per heavy atom. The van der Waals surface area contributed by atoms with Gasteiger partial charge in [-0.25, -0.2) is 9.97 Å². The maximum atomic E-state index is 12.3. The number of aromatic nitrogens is 2. The lowest BCUT2D eigenvalue weighted by molar-refractivity contribution is -0.115. The molecule has 6 nitrogen and oxygen atoms in total. The molecule has 2 aromatic heterocycles. The SMILES string of the molecule is COc1ccc2sc(SC(=O)CCC(=O)Sc3nc4cc(OC)ccc4s3)nc2c1. The van der Waals surface area contributed by atoms with Crippen molar-refractivity contribution in [2.45, 2.75) is 21.5 Å². The number of thioether (sulfide) groups is 2. The summed E-state index contributed by atoms with van der Waals surface area (Å²) in [6.45, 7) is 0. The molecule has 0 amide bonds. The normalized spacial score (nSPS) is 11.1. The molecule has 0 aliphatic heterocycles. The van der Waals surface area contributed by atoms with Crippen LogP contribution in [-0.4, -0.2) is 34.4 Å². The fourth-order valence-electron chi connectivity index (χ4n) is 2.61. The maximum Gasteiger partial charge on any atom is 0.196 e. The molecular weight excluding hydrogens is 460 g/mol. The third-order valence-corrected chi connectivity index (χ3v) is 8.14. The Morgan fingerprint density at radius 3 is 1.63 bits per heavy atom. The predicted molar refractivity (Wildman–Crippen MR) is 123 cm³/mol. The van der Waals surface area contributed by atoms with E-state index in [-0.39, 0.29) is 23.1 Å². The molecular formula is C20H16N2O4S4. The molecule has 30 heavy (non-hydrogen) atoms. The summed E-state index contributed by atoms with van der Waals surface area (Å²) < 4.78 is 13.7. The summed E-state index contributed by atoms with van der Waals surface area (Å²) in [5, 5.41) is -0.159. The molecule has 0 aliphatic carbocycles. The Morgan fingerprint density at radius 2 is 1.23 bits per heavy atom. The van der Waals surface area contributed by atoms with Crippen LogP contribution in [0.15, 0.2) is 45.1 Å². The van der Waals surface area contributed by atoms with E-state index in [2.05, 4.69) is 9.97 Å². The van der Waals surface area contributed by atoms with Gasteiger partial charge < -0.3 is 9.47 Å². The minimum Gasteiger partial charge on any atom is -0.497 e. The van der Waals surface area contributed by atoms with E-state index in [0.717, 1.165) is 55.5 Å². The molecule has 0 unspecified atom stereocenters. The van der Waals surface area contributed by atoms with E-state index in [9.17, 15) is 9.59 Å². The van der Waals surface area contributed by atoms with Crippen LogP contribution in [-0.2, 0) is 9.59 Å². The highest BCUT2D eigenvalue weighted by molar-refractivity contribution is 8.15. The van der Waals surface area contributed by atoms with E-state index in [0.29, 0.717) is 8.68 Å². The number of hydrogen-bond donors (Lipinski definition) is 0. The van der Waals surface area contributed by atoms with Gasteiger partial charge in [-0.2, -0.15) is 0 Å². The van der Waals surface area contributed by atoms with Crippen molar-refractivity contribution in [2.24, 2.45) is 0 Å². The number of ether oxygens (including phenoxy) is 2. The second-order valence-electron chi connectivity index (χ2n) is 6.07. The fourth-order valence-corrected chi connectivity index (χ4v) is 6.48. The average molecular weight is 477 g/mol. The smallest absolute Gasteiger partial charge is 0.196 e. The number of carbonyl (C=O) groups is 2. The summed E-state index contributed by atoms with van der Waals surface area (Å²) in [4.78, 5) is 33.5. The van der Waals surface area contributed by atoms with Crippen LogP contribution in [0.5, 0.6) is 11.5 Å². The highest BCUT2D eigenvalue weighted by Gasteiger charge is 2.15. The second kappa shape index (κ2) is 9.34. The third-order valence-electron chi connectivity index (χ3n) is 4.09. The van der Waals surface area contributed by atoms with Crippen molar-refractivity contribution in [1.29, 1.82) is 0 Å². The highest BCUT2D eigenvalue weighted by atomic mass is 32.2. The van der Waals surface area contributed by atoms with Crippen molar-refractivity contribution in [1.82, 2.24) is 9.97 Å². The van der Waals surface area contributed by atoms with Gasteiger partial charge in [0.05, 0.1) is 34.7 Å². The van der Waals surface area contributed by atoms with Gasteiger partial charge in [-0.05, 0) is 47.8 Å². The van der Waals surface area contributed by atoms with E-state index in [1.165, 1.54) is 22.7 Å². The van der Waals surface area contributed by atoms with E-state index < -0.39 is 0 Å². The van der Waals surface area contributed by atoms with Gasteiger partial charge in [0.1, 0.15) is 11.5 Å². The number of rotatable bonds is 7. The number of thiazole rings is 2. The Kier molecular flexibility index (Phi) is 6.57. The van der Waals surface area contributed by atoms with Gasteiger partial charge in [0.15, 0.2) is 18.9 Å². The number of fused-ring (bicyclic) bond motifs is 2. The average Bonchev–Trinajstić information content (AvgIpc) is 3.33. The largest absolute Gasteiger partial charge is 0.497 e. The minimum atomic E-state index is -0.0796. The zero-order valence-electron chi connectivity index (χ0n) is 16.0. The Hall–Kier alpha value is -2.14. The van der Waals surface area contributed by atoms with Crippen LogP contribution in [0.2, 0.25) is 0 Å². The first kappa shape index (κ1) is 21.1. The van der Waals surface area contributed by atoms with Crippen molar-refractivity contribution >= 4 is 76.9 Å². The summed E-state index contributed by atoms with van der Waals surface area (Å²) >= 11 is 5.06. The van der Waals surface area contributed by atoms with Crippen LogP contribution < -0.4 is 9.47 Å². The van der Waals surface area contributed by atoms with E-state index in [1.54, 1.807) is 14.2 Å². The zero-order chi connectivity index (χ0) is 21.1. The van der Waals surface area contributed by atoms with Gasteiger partial charge in [-0.1, -0.05) is 0 Å². The van der Waals surface area contributed by atoms with Crippen molar-refractivity contribution in [3.63, 3.8) is 0 Å². The van der Waals surface area contributed by atoms with Crippen LogP contribution in [0.1, 0.15) is 12.8 Å². The van der Waals surface area contributed by atoms with Crippen LogP contribution in [0.3, 0.4) is 0 Å². The van der Waals surface area contributed by atoms with E-state index in [4.69, 9.17) is 9.47 Å². The number of benzene rings is 2. The molecule has 0 radical (unpaired) electrons. The molecule has 0 aliphatic rings. The molecule has 4 aromatic rings. The molecule has 0 saturated heterocycles. The standard InChI is InChI=1S/C20H16N2O4S4/c1-25-11-3-5-15-13(9-11)21-19(27-15)29-17(23)7-8-18(24)30-20-22-14-10-12(26-2)4-6-16(14)28-20/h3-6,9-10H,7-8H2,1-2H3. The van der Waals surface area contributed by atoms with Crippen molar-refractivity contribution < 1.29 is 19.1 Å². The molecule has 2 heterocycles. The van der Waals surface area contributed by atoms with Crippen LogP contribution in [0.4, 0.5) is 0 Å². The number of hydrogen-bond acceptors (Lipinski definition) is 10. The first-order valence-electron chi connectivity index (χ1n) is 8.84. The quantitative estimate of drug-likeness (QED) is 0.317. The predicted octanol–water partition coefficient (Wildman–Crippen LogP) is 5.64. The summed E-state index contributed by atoms with van der Waals surface area (Å²) in [5.41, 5.74) is 1.60. The van der Waals surface area contributed by atoms with E-state index >= 15 is 0 Å². The van der Waals surface area contributed by atoms with E-state index in [1.807, 2.05) is 36.4 Å². The fraction of sp³-hybridized carbons (Fsp3) is 0.200. The molecule has 0 fully saturated rings.